The summed E-state index contributed by atoms with van der Waals surface area (Å²) >= 11 is 12.5. The van der Waals surface area contributed by atoms with E-state index >= 15 is 0 Å². The quantitative estimate of drug-likeness (QED) is 0.646. The number of likely N-dealkylation sites (N-methyl/N-ethyl adjacent to an activating group) is 1. The Balaban J connectivity index is 0.000000765. The molecule has 0 aliphatic carbocycles. The van der Waals surface area contributed by atoms with Gasteiger partial charge >= 0.3 is 151 Å². The van der Waals surface area contributed by atoms with Crippen molar-refractivity contribution in [3.05, 3.63) is 58.1 Å². The molecular weight excluding hydrogens is 432 g/mol. The summed E-state index contributed by atoms with van der Waals surface area (Å²) in [4.78, 5) is 11.5. The van der Waals surface area contributed by atoms with Gasteiger partial charge in [0.1, 0.15) is 0 Å². The fraction of sp³-hybridized carbons (Fsp3) is 0.350. The van der Waals surface area contributed by atoms with E-state index in [0.717, 1.165) is 47.4 Å². The summed E-state index contributed by atoms with van der Waals surface area (Å²) in [6, 6.07) is 14.4. The van der Waals surface area contributed by atoms with Crippen LogP contribution in [0.3, 0.4) is 0 Å². The van der Waals surface area contributed by atoms with Crippen LogP contribution >= 0.6 is 23.2 Å². The second-order valence-corrected chi connectivity index (χ2v) is 8.84. The van der Waals surface area contributed by atoms with Crippen LogP contribution in [0, 0.1) is 0 Å². The number of carbonyl (C=O) groups is 1. The first-order valence-corrected chi connectivity index (χ1v) is 11.2. The van der Waals surface area contributed by atoms with Crippen LogP contribution in [-0.2, 0) is 11.2 Å². The van der Waals surface area contributed by atoms with Crippen LogP contribution in [0.4, 0.5) is 0 Å². The minimum absolute atomic E-state index is 0.191. The number of rotatable bonds is 7. The van der Waals surface area contributed by atoms with Gasteiger partial charge in [-0.15, -0.1) is 0 Å². The Morgan fingerprint density at radius 3 is 2.12 bits per heavy atom. The molecular formula is C20H25AsCl2NO2. The van der Waals surface area contributed by atoms with Gasteiger partial charge in [-0.2, -0.15) is 0 Å². The molecule has 0 unspecified atom stereocenters. The van der Waals surface area contributed by atoms with Crippen molar-refractivity contribution in [3.63, 3.8) is 0 Å². The predicted molar refractivity (Wildman–Crippen MR) is 113 cm³/mol. The number of benzene rings is 2. The average molecular weight is 457 g/mol. The number of nitrogens with zero attached hydrogens (tertiary/aromatic N) is 1. The summed E-state index contributed by atoms with van der Waals surface area (Å²) in [5.41, 5.74) is 1.42. The Kier molecular flexibility index (Phi) is 11.0. The van der Waals surface area contributed by atoms with Gasteiger partial charge in [0, 0.05) is 6.92 Å². The summed E-state index contributed by atoms with van der Waals surface area (Å²) in [5, 5.41) is 8.98. The molecule has 6 heteroatoms. The summed E-state index contributed by atoms with van der Waals surface area (Å²) in [7, 11) is 0. The Hall–Kier alpha value is -0.992. The molecule has 0 atom stereocenters. The van der Waals surface area contributed by atoms with Crippen LogP contribution in [0.5, 0.6) is 0 Å². The van der Waals surface area contributed by atoms with Gasteiger partial charge in [-0.05, 0) is 0 Å². The third-order valence-electron chi connectivity index (χ3n) is 3.75. The fourth-order valence-corrected chi connectivity index (χ4v) is 5.50. The molecule has 0 saturated heterocycles. The average Bonchev–Trinajstić information content (AvgIpc) is 2.60. The van der Waals surface area contributed by atoms with E-state index in [4.69, 9.17) is 33.1 Å². The van der Waals surface area contributed by atoms with Crippen molar-refractivity contribution in [1.29, 1.82) is 0 Å². The summed E-state index contributed by atoms with van der Waals surface area (Å²) < 4.78 is 2.51. The van der Waals surface area contributed by atoms with E-state index in [2.05, 4.69) is 43.0 Å². The first kappa shape index (κ1) is 23.0. The Morgan fingerprint density at radius 1 is 1.04 bits per heavy atom. The molecule has 0 aromatic heterocycles. The van der Waals surface area contributed by atoms with E-state index in [0.29, 0.717) is 0 Å². The van der Waals surface area contributed by atoms with Crippen LogP contribution in [0.15, 0.2) is 42.5 Å². The molecule has 0 aliphatic rings. The molecule has 0 spiro atoms. The van der Waals surface area contributed by atoms with Gasteiger partial charge in [-0.3, -0.25) is 4.79 Å². The Morgan fingerprint density at radius 2 is 1.58 bits per heavy atom. The molecule has 2 aromatic rings. The van der Waals surface area contributed by atoms with Crippen LogP contribution < -0.4 is 8.70 Å². The van der Waals surface area contributed by atoms with Crippen molar-refractivity contribution in [1.82, 2.24) is 4.90 Å². The third kappa shape index (κ3) is 8.14. The number of halogens is 2. The van der Waals surface area contributed by atoms with E-state index in [1.807, 2.05) is 18.2 Å². The summed E-state index contributed by atoms with van der Waals surface area (Å²) in [6.07, 6.45) is 1.08. The Bertz CT molecular complexity index is 682. The van der Waals surface area contributed by atoms with Crippen molar-refractivity contribution in [2.24, 2.45) is 0 Å². The van der Waals surface area contributed by atoms with E-state index in [1.165, 1.54) is 9.91 Å². The molecule has 26 heavy (non-hydrogen) atoms. The van der Waals surface area contributed by atoms with Crippen molar-refractivity contribution < 1.29 is 9.90 Å². The van der Waals surface area contributed by atoms with Gasteiger partial charge in [0.2, 0.25) is 0 Å². The van der Waals surface area contributed by atoms with Crippen LogP contribution in [-0.4, -0.2) is 51.4 Å². The minimum atomic E-state index is -0.833. The molecule has 0 amide bonds. The van der Waals surface area contributed by atoms with Gasteiger partial charge in [0.25, 0.3) is 5.97 Å². The topological polar surface area (TPSA) is 40.5 Å². The molecule has 0 aliphatic heterocycles. The molecule has 2 rings (SSSR count). The SMILES string of the molecule is CC(=O)O.CCN(CC)CCc1ccccc1[As]c1c(Cl)cccc1Cl. The van der Waals surface area contributed by atoms with Crippen LogP contribution in [0.2, 0.25) is 10.0 Å². The van der Waals surface area contributed by atoms with Gasteiger partial charge < -0.3 is 5.11 Å². The number of carboxylic acids is 1. The number of hydrogen-bond donors (Lipinski definition) is 1. The molecule has 3 nitrogen and oxygen atoms in total. The molecule has 0 saturated carbocycles. The van der Waals surface area contributed by atoms with E-state index in [9.17, 15) is 0 Å². The number of aliphatic carboxylic acids is 1. The second kappa shape index (κ2) is 12.4. The number of carboxylic acid groups (broad SMARTS) is 1. The fourth-order valence-electron chi connectivity index (χ4n) is 2.37. The zero-order valence-electron chi connectivity index (χ0n) is 15.4. The van der Waals surface area contributed by atoms with Gasteiger partial charge in [-0.25, -0.2) is 0 Å². The summed E-state index contributed by atoms with van der Waals surface area (Å²) in [6.45, 7) is 8.81. The first-order valence-electron chi connectivity index (χ1n) is 8.54. The van der Waals surface area contributed by atoms with Crippen molar-refractivity contribution in [2.75, 3.05) is 19.6 Å². The molecule has 0 heterocycles. The molecule has 0 fully saturated rings. The van der Waals surface area contributed by atoms with E-state index in [-0.39, 0.29) is 15.8 Å². The normalized spacial score (nSPS) is 10.8. The standard InChI is InChI=1S/C18H21AsCl2N.C2H4O2/c1-3-22(4-2)13-12-14-8-5-6-9-15(14)19-18-16(20)10-7-11-17(18)21;1-2(3)4/h5-11H,3-4,12-13H2,1-2H3;1H3,(H,3,4). The monoisotopic (exact) mass is 456 g/mol. The van der Waals surface area contributed by atoms with Crippen molar-refractivity contribution in [3.8, 4) is 0 Å². The van der Waals surface area contributed by atoms with Crippen molar-refractivity contribution >= 4 is 53.6 Å². The summed E-state index contributed by atoms with van der Waals surface area (Å²) in [5.74, 6) is -0.833. The van der Waals surface area contributed by atoms with Crippen molar-refractivity contribution in [2.45, 2.75) is 27.2 Å². The third-order valence-corrected chi connectivity index (χ3v) is 7.86. The first-order chi connectivity index (χ1) is 12.4. The zero-order valence-corrected chi connectivity index (χ0v) is 18.8. The van der Waals surface area contributed by atoms with E-state index in [1.54, 1.807) is 0 Å². The molecule has 141 valence electrons. The van der Waals surface area contributed by atoms with Gasteiger partial charge in [0.05, 0.1) is 0 Å². The molecule has 1 radical (unpaired) electrons. The molecule has 1 N–H and O–H groups in total. The van der Waals surface area contributed by atoms with E-state index < -0.39 is 5.97 Å². The predicted octanol–water partition coefficient (Wildman–Crippen LogP) is 3.62. The second-order valence-electron chi connectivity index (χ2n) is 5.61. The van der Waals surface area contributed by atoms with Crippen LogP contribution in [0.1, 0.15) is 26.3 Å². The molecule has 0 bridgehead atoms. The maximum atomic E-state index is 9.00. The van der Waals surface area contributed by atoms with Gasteiger partial charge in [-0.1, -0.05) is 0 Å². The maximum absolute atomic E-state index is 9.00. The number of hydrogen-bond acceptors (Lipinski definition) is 2. The zero-order chi connectivity index (χ0) is 19.5. The Labute approximate surface area is 173 Å². The van der Waals surface area contributed by atoms with Gasteiger partial charge in [0.15, 0.2) is 0 Å². The molecule has 2 aromatic carbocycles. The van der Waals surface area contributed by atoms with Crippen LogP contribution in [0.25, 0.3) is 0 Å².